The number of carbonyl (C=O) groups excluding carboxylic acids is 1. The average Bonchev–Trinajstić information content (AvgIpc) is 2.42. The first kappa shape index (κ1) is 15.9. The van der Waals surface area contributed by atoms with E-state index >= 15 is 0 Å². The predicted molar refractivity (Wildman–Crippen MR) is 71.2 cm³/mol. The second kappa shape index (κ2) is 8.14. The van der Waals surface area contributed by atoms with Crippen LogP contribution >= 0.6 is 0 Å². The number of carbonyl (C=O) groups is 2. The maximum atomic E-state index is 13.8. The van der Waals surface area contributed by atoms with E-state index in [2.05, 4.69) is 5.32 Å². The highest BCUT2D eigenvalue weighted by atomic mass is 19.1. The smallest absolute Gasteiger partial charge is 0.303 e. The molecule has 0 aliphatic heterocycles. The fraction of sp³-hybridized carbons (Fsp3) is 0.429. The number of methoxy groups -OCH3 is 1. The lowest BCUT2D eigenvalue weighted by Crippen LogP contribution is -2.25. The van der Waals surface area contributed by atoms with Crippen molar-refractivity contribution in [1.82, 2.24) is 5.32 Å². The Labute approximate surface area is 116 Å². The molecule has 0 unspecified atom stereocenters. The summed E-state index contributed by atoms with van der Waals surface area (Å²) in [7, 11) is 1.39. The molecule has 0 aliphatic rings. The van der Waals surface area contributed by atoms with E-state index < -0.39 is 11.8 Å². The minimum absolute atomic E-state index is 0.0186. The highest BCUT2D eigenvalue weighted by Crippen LogP contribution is 2.20. The molecule has 2 N–H and O–H groups in total. The zero-order valence-corrected chi connectivity index (χ0v) is 11.3. The Morgan fingerprint density at radius 1 is 1.35 bits per heavy atom. The number of aryl methyl sites for hydroxylation is 1. The Bertz CT molecular complexity index is 476. The maximum absolute atomic E-state index is 13.8. The Balaban J connectivity index is 2.36. The van der Waals surface area contributed by atoms with Crippen LogP contribution in [0.5, 0.6) is 5.75 Å². The van der Waals surface area contributed by atoms with E-state index in [0.717, 1.165) is 0 Å². The molecule has 20 heavy (non-hydrogen) atoms. The molecule has 0 heterocycles. The highest BCUT2D eigenvalue weighted by Gasteiger charge is 2.10. The van der Waals surface area contributed by atoms with Gasteiger partial charge in [0.15, 0.2) is 11.6 Å². The van der Waals surface area contributed by atoms with Gasteiger partial charge in [0.1, 0.15) is 0 Å². The van der Waals surface area contributed by atoms with Crippen molar-refractivity contribution >= 4 is 11.9 Å². The van der Waals surface area contributed by atoms with Crippen molar-refractivity contribution in [2.24, 2.45) is 0 Å². The van der Waals surface area contributed by atoms with Gasteiger partial charge in [-0.3, -0.25) is 9.59 Å². The van der Waals surface area contributed by atoms with Gasteiger partial charge in [0, 0.05) is 19.4 Å². The lowest BCUT2D eigenvalue weighted by atomic mass is 10.1. The molecule has 1 rings (SSSR count). The summed E-state index contributed by atoms with van der Waals surface area (Å²) in [4.78, 5) is 21.8. The molecular formula is C14H18FNO4. The number of aliphatic carboxylic acids is 1. The van der Waals surface area contributed by atoms with Crippen molar-refractivity contribution in [3.8, 4) is 5.75 Å². The number of benzene rings is 1. The molecule has 1 amide bonds. The van der Waals surface area contributed by atoms with E-state index in [1.54, 1.807) is 12.1 Å². The molecule has 5 nitrogen and oxygen atoms in total. The van der Waals surface area contributed by atoms with Crippen molar-refractivity contribution in [2.75, 3.05) is 13.7 Å². The van der Waals surface area contributed by atoms with Crippen LogP contribution in [0.1, 0.15) is 24.8 Å². The molecule has 0 radical (unpaired) electrons. The fourth-order valence-corrected chi connectivity index (χ4v) is 1.71. The van der Waals surface area contributed by atoms with Crippen LogP contribution in [0.2, 0.25) is 0 Å². The van der Waals surface area contributed by atoms with Crippen LogP contribution < -0.4 is 10.1 Å². The third-order valence-electron chi connectivity index (χ3n) is 2.77. The third kappa shape index (κ3) is 5.26. The highest BCUT2D eigenvalue weighted by molar-refractivity contribution is 5.76. The summed E-state index contributed by atoms with van der Waals surface area (Å²) in [5.41, 5.74) is 0.421. The first-order valence-electron chi connectivity index (χ1n) is 6.34. The summed E-state index contributed by atoms with van der Waals surface area (Å²) in [5, 5.41) is 11.0. The number of amides is 1. The number of ether oxygens (including phenoxy) is 1. The molecule has 0 saturated carbocycles. The van der Waals surface area contributed by atoms with Gasteiger partial charge in [-0.05, 0) is 24.5 Å². The second-order valence-corrected chi connectivity index (χ2v) is 4.28. The van der Waals surface area contributed by atoms with E-state index in [1.165, 1.54) is 13.2 Å². The lowest BCUT2D eigenvalue weighted by Gasteiger charge is -2.07. The minimum Gasteiger partial charge on any atom is -0.494 e. The Morgan fingerprint density at radius 2 is 2.10 bits per heavy atom. The van der Waals surface area contributed by atoms with E-state index in [-0.39, 0.29) is 30.9 Å². The van der Waals surface area contributed by atoms with Crippen molar-refractivity contribution in [1.29, 1.82) is 0 Å². The standard InChI is InChI=1S/C14H18FNO4/c1-20-11-5-2-4-10(14(11)15)7-8-12(17)16-9-3-6-13(18)19/h2,4-5H,3,6-9H2,1H3,(H,16,17)(H,18,19). The van der Waals surface area contributed by atoms with Crippen molar-refractivity contribution < 1.29 is 23.8 Å². The Hall–Kier alpha value is -2.11. The summed E-state index contributed by atoms with van der Waals surface area (Å²) in [6.07, 6.45) is 0.824. The van der Waals surface area contributed by atoms with E-state index in [9.17, 15) is 14.0 Å². The van der Waals surface area contributed by atoms with Crippen LogP contribution in [0.4, 0.5) is 4.39 Å². The van der Waals surface area contributed by atoms with Gasteiger partial charge in [-0.2, -0.15) is 0 Å². The third-order valence-corrected chi connectivity index (χ3v) is 2.77. The lowest BCUT2D eigenvalue weighted by molar-refractivity contribution is -0.137. The van der Waals surface area contributed by atoms with Gasteiger partial charge in [0.05, 0.1) is 7.11 Å². The topological polar surface area (TPSA) is 75.6 Å². The molecule has 110 valence electrons. The van der Waals surface area contributed by atoms with Crippen LogP contribution in [0, 0.1) is 5.82 Å². The van der Waals surface area contributed by atoms with Crippen LogP contribution in [-0.2, 0) is 16.0 Å². The zero-order valence-electron chi connectivity index (χ0n) is 11.3. The first-order chi connectivity index (χ1) is 9.54. The molecular weight excluding hydrogens is 265 g/mol. The maximum Gasteiger partial charge on any atom is 0.303 e. The van der Waals surface area contributed by atoms with Gasteiger partial charge in [0.25, 0.3) is 0 Å². The number of hydrogen-bond donors (Lipinski definition) is 2. The molecule has 6 heteroatoms. The van der Waals surface area contributed by atoms with Crippen molar-refractivity contribution in [3.05, 3.63) is 29.6 Å². The summed E-state index contributed by atoms with van der Waals surface area (Å²) in [6, 6.07) is 4.79. The molecule has 0 bridgehead atoms. The van der Waals surface area contributed by atoms with Gasteiger partial charge in [-0.25, -0.2) is 4.39 Å². The molecule has 1 aromatic carbocycles. The first-order valence-corrected chi connectivity index (χ1v) is 6.34. The van der Waals surface area contributed by atoms with E-state index in [0.29, 0.717) is 18.5 Å². The van der Waals surface area contributed by atoms with Crippen molar-refractivity contribution in [2.45, 2.75) is 25.7 Å². The number of carboxylic acid groups (broad SMARTS) is 1. The van der Waals surface area contributed by atoms with Gasteiger partial charge >= 0.3 is 5.97 Å². The fourth-order valence-electron chi connectivity index (χ4n) is 1.71. The monoisotopic (exact) mass is 283 g/mol. The van der Waals surface area contributed by atoms with E-state index in [1.807, 2.05) is 0 Å². The number of rotatable bonds is 8. The number of hydrogen-bond acceptors (Lipinski definition) is 3. The van der Waals surface area contributed by atoms with E-state index in [4.69, 9.17) is 9.84 Å². The summed E-state index contributed by atoms with van der Waals surface area (Å²) >= 11 is 0. The van der Waals surface area contributed by atoms with Crippen molar-refractivity contribution in [3.63, 3.8) is 0 Å². The minimum atomic E-state index is -0.891. The van der Waals surface area contributed by atoms with Crippen LogP contribution in [0.3, 0.4) is 0 Å². The molecule has 0 atom stereocenters. The summed E-state index contributed by atoms with van der Waals surface area (Å²) in [6.45, 7) is 0.311. The normalized spacial score (nSPS) is 10.1. The Morgan fingerprint density at radius 3 is 2.75 bits per heavy atom. The number of halogens is 1. The SMILES string of the molecule is COc1cccc(CCC(=O)NCCCC(=O)O)c1F. The summed E-state index contributed by atoms with van der Waals surface area (Å²) < 4.78 is 18.7. The predicted octanol–water partition coefficient (Wildman–Crippen LogP) is 1.75. The van der Waals surface area contributed by atoms with Crippen LogP contribution in [0.25, 0.3) is 0 Å². The average molecular weight is 283 g/mol. The van der Waals surface area contributed by atoms with Gasteiger partial charge in [-0.1, -0.05) is 12.1 Å². The summed E-state index contributed by atoms with van der Waals surface area (Å²) in [5.74, 6) is -1.41. The Kier molecular flexibility index (Phi) is 6.49. The quantitative estimate of drug-likeness (QED) is 0.713. The molecule has 1 aromatic rings. The largest absolute Gasteiger partial charge is 0.494 e. The molecule has 0 aliphatic carbocycles. The van der Waals surface area contributed by atoms with Crippen LogP contribution in [-0.4, -0.2) is 30.6 Å². The molecule has 0 aromatic heterocycles. The zero-order chi connectivity index (χ0) is 15.0. The molecule has 0 spiro atoms. The molecule has 0 fully saturated rings. The number of nitrogens with one attached hydrogen (secondary N) is 1. The van der Waals surface area contributed by atoms with Crippen LogP contribution in [0.15, 0.2) is 18.2 Å². The van der Waals surface area contributed by atoms with Gasteiger partial charge < -0.3 is 15.2 Å². The van der Waals surface area contributed by atoms with Gasteiger partial charge in [0.2, 0.25) is 5.91 Å². The number of carboxylic acids is 1. The molecule has 0 saturated heterocycles. The van der Waals surface area contributed by atoms with Gasteiger partial charge in [-0.15, -0.1) is 0 Å². The second-order valence-electron chi connectivity index (χ2n) is 4.28.